The number of ether oxygens (including phenoxy) is 2. The first kappa shape index (κ1) is 31.4. The Bertz CT molecular complexity index is 732. The SMILES string of the molecule is CCCCC/C=C\C/C=C/CC(CC1OC(=O)C1CCCCCC)OC(=O)C(CC(N)=O)NC(C)=O. The number of primary amides is 1. The quantitative estimate of drug-likeness (QED) is 0.141. The molecule has 0 saturated carbocycles. The van der Waals surface area contributed by atoms with Gasteiger partial charge in [0.25, 0.3) is 0 Å². The number of nitrogens with one attached hydrogen (secondary N) is 1. The molecule has 1 heterocycles. The number of rotatable bonds is 20. The number of cyclic esters (lactones) is 1. The fourth-order valence-corrected chi connectivity index (χ4v) is 4.19. The molecular weight excluding hydrogens is 460 g/mol. The van der Waals surface area contributed by atoms with Gasteiger partial charge in [-0.25, -0.2) is 4.79 Å². The summed E-state index contributed by atoms with van der Waals surface area (Å²) in [4.78, 5) is 47.7. The van der Waals surface area contributed by atoms with Gasteiger partial charge in [0.1, 0.15) is 18.2 Å². The summed E-state index contributed by atoms with van der Waals surface area (Å²) in [5.41, 5.74) is 5.24. The number of allylic oxidation sites excluding steroid dienone is 3. The minimum Gasteiger partial charge on any atom is -0.461 e. The molecule has 8 heteroatoms. The van der Waals surface area contributed by atoms with Crippen molar-refractivity contribution in [1.29, 1.82) is 0 Å². The molecule has 0 aromatic carbocycles. The first-order chi connectivity index (χ1) is 17.3. The van der Waals surface area contributed by atoms with E-state index in [1.165, 1.54) is 26.2 Å². The minimum absolute atomic E-state index is 0.185. The second-order valence-electron chi connectivity index (χ2n) is 9.56. The molecule has 4 unspecified atom stereocenters. The van der Waals surface area contributed by atoms with Gasteiger partial charge in [0.15, 0.2) is 0 Å². The lowest BCUT2D eigenvalue weighted by Crippen LogP contribution is -2.48. The van der Waals surface area contributed by atoms with Crippen LogP contribution in [0.25, 0.3) is 0 Å². The fraction of sp³-hybridized carbons (Fsp3) is 0.714. The van der Waals surface area contributed by atoms with Crippen LogP contribution in [0, 0.1) is 5.92 Å². The number of nitrogens with two attached hydrogens (primary N) is 1. The van der Waals surface area contributed by atoms with Crippen molar-refractivity contribution >= 4 is 23.8 Å². The molecule has 4 atom stereocenters. The van der Waals surface area contributed by atoms with Gasteiger partial charge in [-0.3, -0.25) is 14.4 Å². The Labute approximate surface area is 216 Å². The number of carbonyl (C=O) groups is 4. The fourth-order valence-electron chi connectivity index (χ4n) is 4.19. The Morgan fingerprint density at radius 3 is 2.36 bits per heavy atom. The Balaban J connectivity index is 2.75. The number of esters is 2. The number of carbonyl (C=O) groups excluding carboxylic acids is 4. The molecule has 36 heavy (non-hydrogen) atoms. The molecule has 1 aliphatic rings. The van der Waals surface area contributed by atoms with E-state index in [2.05, 4.69) is 31.3 Å². The van der Waals surface area contributed by atoms with Gasteiger partial charge in [-0.1, -0.05) is 76.7 Å². The summed E-state index contributed by atoms with van der Waals surface area (Å²) in [5.74, 6) is -2.28. The van der Waals surface area contributed by atoms with Crippen LogP contribution in [0.15, 0.2) is 24.3 Å². The molecule has 0 spiro atoms. The molecule has 1 fully saturated rings. The summed E-state index contributed by atoms with van der Waals surface area (Å²) in [6, 6.07) is -1.15. The second kappa shape index (κ2) is 18.6. The van der Waals surface area contributed by atoms with Gasteiger partial charge in [0.05, 0.1) is 12.3 Å². The van der Waals surface area contributed by atoms with Crippen LogP contribution in [0.4, 0.5) is 0 Å². The standard InChI is InChI=1S/C28H46N2O6/c1-4-6-8-10-11-12-13-14-15-17-22(35-28(34)24(20-26(29)32)30-21(3)31)19-25-23(27(33)36-25)18-16-9-7-5-2/h11-12,14-15,22-25H,4-10,13,16-20H2,1-3H3,(H2,29,32)(H,30,31)/b12-11-,15-14+. The van der Waals surface area contributed by atoms with Crippen molar-refractivity contribution in [3.05, 3.63) is 24.3 Å². The average molecular weight is 507 g/mol. The highest BCUT2D eigenvalue weighted by molar-refractivity contribution is 5.88. The van der Waals surface area contributed by atoms with Gasteiger partial charge in [-0.05, 0) is 25.7 Å². The zero-order valence-electron chi connectivity index (χ0n) is 22.3. The van der Waals surface area contributed by atoms with Crippen LogP contribution in [-0.2, 0) is 28.7 Å². The summed E-state index contributed by atoms with van der Waals surface area (Å²) < 4.78 is 11.1. The molecule has 0 aromatic rings. The Morgan fingerprint density at radius 1 is 1.03 bits per heavy atom. The van der Waals surface area contributed by atoms with Crippen molar-refractivity contribution in [2.45, 2.75) is 122 Å². The molecule has 204 valence electrons. The maximum absolute atomic E-state index is 12.8. The number of amides is 2. The van der Waals surface area contributed by atoms with Crippen LogP contribution >= 0.6 is 0 Å². The van der Waals surface area contributed by atoms with Crippen LogP contribution < -0.4 is 11.1 Å². The number of unbranched alkanes of at least 4 members (excludes halogenated alkanes) is 6. The van der Waals surface area contributed by atoms with Crippen molar-refractivity contribution in [2.75, 3.05) is 0 Å². The maximum Gasteiger partial charge on any atom is 0.329 e. The molecule has 0 radical (unpaired) electrons. The van der Waals surface area contributed by atoms with E-state index in [9.17, 15) is 19.2 Å². The molecule has 1 saturated heterocycles. The third-order valence-corrected chi connectivity index (χ3v) is 6.21. The van der Waals surface area contributed by atoms with Gasteiger partial charge in [-0.15, -0.1) is 0 Å². The molecule has 2 amide bonds. The lowest BCUT2D eigenvalue weighted by Gasteiger charge is -2.37. The lowest BCUT2D eigenvalue weighted by atomic mass is 9.87. The van der Waals surface area contributed by atoms with Crippen molar-refractivity contribution in [3.63, 3.8) is 0 Å². The Morgan fingerprint density at radius 2 is 1.72 bits per heavy atom. The summed E-state index contributed by atoms with van der Waals surface area (Å²) in [6.45, 7) is 5.58. The number of hydrogen-bond donors (Lipinski definition) is 2. The maximum atomic E-state index is 12.8. The molecule has 1 aliphatic heterocycles. The summed E-state index contributed by atoms with van der Waals surface area (Å²) in [6.07, 6.45) is 18.4. The van der Waals surface area contributed by atoms with Crippen molar-refractivity contribution in [2.24, 2.45) is 11.7 Å². The van der Waals surface area contributed by atoms with Crippen molar-refractivity contribution < 1.29 is 28.7 Å². The molecular formula is C28H46N2O6. The molecule has 0 aromatic heterocycles. The van der Waals surface area contributed by atoms with E-state index in [0.717, 1.165) is 44.9 Å². The average Bonchev–Trinajstić information content (AvgIpc) is 2.81. The van der Waals surface area contributed by atoms with E-state index >= 15 is 0 Å². The zero-order valence-corrected chi connectivity index (χ0v) is 22.3. The van der Waals surface area contributed by atoms with Crippen LogP contribution in [0.1, 0.15) is 104 Å². The normalized spacial score (nSPS) is 19.0. The summed E-state index contributed by atoms with van der Waals surface area (Å²) >= 11 is 0. The smallest absolute Gasteiger partial charge is 0.329 e. The van der Waals surface area contributed by atoms with Gasteiger partial charge in [0.2, 0.25) is 11.8 Å². The van der Waals surface area contributed by atoms with Gasteiger partial charge in [0, 0.05) is 19.8 Å². The lowest BCUT2D eigenvalue weighted by molar-refractivity contribution is -0.190. The van der Waals surface area contributed by atoms with Crippen LogP contribution in [0.3, 0.4) is 0 Å². The third kappa shape index (κ3) is 13.4. The predicted molar refractivity (Wildman–Crippen MR) is 140 cm³/mol. The van der Waals surface area contributed by atoms with Crippen molar-refractivity contribution in [1.82, 2.24) is 5.32 Å². The first-order valence-corrected chi connectivity index (χ1v) is 13.5. The highest BCUT2D eigenvalue weighted by Gasteiger charge is 2.43. The first-order valence-electron chi connectivity index (χ1n) is 13.5. The second-order valence-corrected chi connectivity index (χ2v) is 9.56. The highest BCUT2D eigenvalue weighted by atomic mass is 16.6. The Kier molecular flexibility index (Phi) is 16.2. The highest BCUT2D eigenvalue weighted by Crippen LogP contribution is 2.32. The zero-order chi connectivity index (χ0) is 26.8. The Hall–Kier alpha value is -2.64. The van der Waals surface area contributed by atoms with E-state index in [1.807, 2.05) is 12.2 Å². The molecule has 0 bridgehead atoms. The van der Waals surface area contributed by atoms with Gasteiger partial charge >= 0.3 is 11.9 Å². The van der Waals surface area contributed by atoms with Crippen LogP contribution in [0.5, 0.6) is 0 Å². The van der Waals surface area contributed by atoms with Crippen LogP contribution in [0.2, 0.25) is 0 Å². The largest absolute Gasteiger partial charge is 0.461 e. The van der Waals surface area contributed by atoms with Gasteiger partial charge in [-0.2, -0.15) is 0 Å². The van der Waals surface area contributed by atoms with Crippen LogP contribution in [-0.4, -0.2) is 42.0 Å². The summed E-state index contributed by atoms with van der Waals surface area (Å²) in [5, 5.41) is 2.43. The number of hydrogen-bond acceptors (Lipinski definition) is 6. The molecule has 3 N–H and O–H groups in total. The third-order valence-electron chi connectivity index (χ3n) is 6.21. The molecule has 1 rings (SSSR count). The van der Waals surface area contributed by atoms with E-state index in [4.69, 9.17) is 15.2 Å². The van der Waals surface area contributed by atoms with E-state index in [1.54, 1.807) is 0 Å². The predicted octanol–water partition coefficient (Wildman–Crippen LogP) is 4.65. The topological polar surface area (TPSA) is 125 Å². The van der Waals surface area contributed by atoms with E-state index < -0.39 is 29.9 Å². The minimum atomic E-state index is -1.15. The monoisotopic (exact) mass is 506 g/mol. The molecule has 0 aliphatic carbocycles. The molecule has 8 nitrogen and oxygen atoms in total. The summed E-state index contributed by atoms with van der Waals surface area (Å²) in [7, 11) is 0. The van der Waals surface area contributed by atoms with E-state index in [0.29, 0.717) is 12.8 Å². The van der Waals surface area contributed by atoms with Crippen molar-refractivity contribution in [3.8, 4) is 0 Å². The van der Waals surface area contributed by atoms with E-state index in [-0.39, 0.29) is 24.4 Å². The van der Waals surface area contributed by atoms with Gasteiger partial charge < -0.3 is 20.5 Å².